The van der Waals surface area contributed by atoms with Crippen LogP contribution in [-0.4, -0.2) is 31.1 Å². The monoisotopic (exact) mass is 156 g/mol. The summed E-state index contributed by atoms with van der Waals surface area (Å²) in [5.74, 6) is 0. The Morgan fingerprint density at radius 3 is 2.36 bits per heavy atom. The summed E-state index contributed by atoms with van der Waals surface area (Å²) >= 11 is 0. The van der Waals surface area contributed by atoms with Crippen LogP contribution in [0.4, 0.5) is 0 Å². The van der Waals surface area contributed by atoms with Gasteiger partial charge in [0.15, 0.2) is 6.29 Å². The number of hydrogen-bond donors (Lipinski definition) is 2. The highest BCUT2D eigenvalue weighted by Crippen LogP contribution is 2.04. The third kappa shape index (κ3) is 2.43. The average Bonchev–Trinajstić information content (AvgIpc) is 2.52. The SMILES string of the molecule is CCCN(CC)[C]1NCCN1. The fourth-order valence-electron chi connectivity index (χ4n) is 1.35. The fourth-order valence-corrected chi connectivity index (χ4v) is 1.35. The molecular weight excluding hydrogens is 138 g/mol. The Kier molecular flexibility index (Phi) is 3.83. The van der Waals surface area contributed by atoms with E-state index in [1.165, 1.54) is 12.7 Å². The maximum Gasteiger partial charge on any atom is 0.173 e. The molecule has 1 rings (SSSR count). The van der Waals surface area contributed by atoms with Gasteiger partial charge < -0.3 is 0 Å². The normalized spacial score (nSPS) is 19.9. The minimum atomic E-state index is 1.07. The second kappa shape index (κ2) is 4.70. The van der Waals surface area contributed by atoms with Gasteiger partial charge in [-0.05, 0) is 13.0 Å². The van der Waals surface area contributed by atoms with Crippen LogP contribution in [0.3, 0.4) is 0 Å². The minimum Gasteiger partial charge on any atom is -0.282 e. The molecule has 1 aliphatic rings. The van der Waals surface area contributed by atoms with Crippen LogP contribution in [0.25, 0.3) is 0 Å². The molecule has 0 atom stereocenters. The van der Waals surface area contributed by atoms with Gasteiger partial charge in [-0.3, -0.25) is 15.5 Å². The molecule has 0 aromatic rings. The second-order valence-corrected chi connectivity index (χ2v) is 2.78. The highest BCUT2D eigenvalue weighted by Gasteiger charge is 2.20. The first kappa shape index (κ1) is 8.97. The van der Waals surface area contributed by atoms with Gasteiger partial charge in [-0.25, -0.2) is 0 Å². The topological polar surface area (TPSA) is 27.3 Å². The van der Waals surface area contributed by atoms with Crippen molar-refractivity contribution in [1.82, 2.24) is 15.5 Å². The van der Waals surface area contributed by atoms with Gasteiger partial charge in [0.2, 0.25) is 0 Å². The van der Waals surface area contributed by atoms with Crippen molar-refractivity contribution >= 4 is 0 Å². The molecule has 1 fully saturated rings. The molecule has 0 unspecified atom stereocenters. The largest absolute Gasteiger partial charge is 0.282 e. The van der Waals surface area contributed by atoms with Crippen LogP contribution in [-0.2, 0) is 0 Å². The summed E-state index contributed by atoms with van der Waals surface area (Å²) in [5, 5.41) is 6.65. The standard InChI is InChI=1S/C8H18N3/c1-3-7-11(4-2)8-9-5-6-10-8/h9-10H,3-7H2,1-2H3. The number of rotatable bonds is 4. The Morgan fingerprint density at radius 2 is 1.91 bits per heavy atom. The maximum atomic E-state index is 3.32. The smallest absolute Gasteiger partial charge is 0.173 e. The number of nitrogens with one attached hydrogen (secondary N) is 2. The van der Waals surface area contributed by atoms with Gasteiger partial charge in [-0.15, -0.1) is 0 Å². The Morgan fingerprint density at radius 1 is 1.27 bits per heavy atom. The summed E-state index contributed by atoms with van der Waals surface area (Å²) < 4.78 is 0. The summed E-state index contributed by atoms with van der Waals surface area (Å²) in [4.78, 5) is 2.34. The van der Waals surface area contributed by atoms with E-state index < -0.39 is 0 Å². The van der Waals surface area contributed by atoms with Gasteiger partial charge in [0, 0.05) is 19.6 Å². The zero-order valence-corrected chi connectivity index (χ0v) is 7.48. The van der Waals surface area contributed by atoms with E-state index in [9.17, 15) is 0 Å². The number of nitrogens with zero attached hydrogens (tertiary/aromatic N) is 1. The Hall–Kier alpha value is -0.120. The van der Waals surface area contributed by atoms with E-state index in [2.05, 4.69) is 29.4 Å². The molecule has 11 heavy (non-hydrogen) atoms. The Balaban J connectivity index is 2.27. The summed E-state index contributed by atoms with van der Waals surface area (Å²) in [7, 11) is 0. The summed E-state index contributed by atoms with van der Waals surface area (Å²) in [5.41, 5.74) is 0. The molecule has 65 valence electrons. The second-order valence-electron chi connectivity index (χ2n) is 2.78. The van der Waals surface area contributed by atoms with Crippen LogP contribution in [0, 0.1) is 6.29 Å². The first-order valence-electron chi connectivity index (χ1n) is 4.48. The van der Waals surface area contributed by atoms with Crippen LogP contribution in [0.1, 0.15) is 20.3 Å². The first-order chi connectivity index (χ1) is 5.38. The molecule has 0 aromatic carbocycles. The van der Waals surface area contributed by atoms with Crippen LogP contribution >= 0.6 is 0 Å². The lowest BCUT2D eigenvalue weighted by atomic mass is 10.4. The molecule has 3 nitrogen and oxygen atoms in total. The van der Waals surface area contributed by atoms with Crippen LogP contribution in [0.2, 0.25) is 0 Å². The third-order valence-electron chi connectivity index (χ3n) is 1.90. The molecule has 1 heterocycles. The van der Waals surface area contributed by atoms with Gasteiger partial charge in [0.25, 0.3) is 0 Å². The predicted molar refractivity (Wildman–Crippen MR) is 46.8 cm³/mol. The summed E-state index contributed by atoms with van der Waals surface area (Å²) in [6, 6.07) is 0. The van der Waals surface area contributed by atoms with Crippen molar-refractivity contribution in [2.75, 3.05) is 26.2 Å². The fraction of sp³-hybridized carbons (Fsp3) is 0.875. The summed E-state index contributed by atoms with van der Waals surface area (Å²) in [6.07, 6.45) is 2.43. The highest BCUT2D eigenvalue weighted by atomic mass is 15.4. The van der Waals surface area contributed by atoms with Crippen molar-refractivity contribution in [2.24, 2.45) is 0 Å². The molecule has 2 N–H and O–H groups in total. The van der Waals surface area contributed by atoms with Crippen LogP contribution < -0.4 is 10.6 Å². The van der Waals surface area contributed by atoms with Gasteiger partial charge >= 0.3 is 0 Å². The van der Waals surface area contributed by atoms with Gasteiger partial charge in [0.1, 0.15) is 0 Å². The summed E-state index contributed by atoms with van der Waals surface area (Å²) in [6.45, 7) is 8.75. The van der Waals surface area contributed by atoms with Crippen molar-refractivity contribution in [2.45, 2.75) is 20.3 Å². The molecule has 0 saturated carbocycles. The van der Waals surface area contributed by atoms with E-state index in [4.69, 9.17) is 0 Å². The van der Waals surface area contributed by atoms with E-state index in [0.717, 1.165) is 26.2 Å². The predicted octanol–water partition coefficient (Wildman–Crippen LogP) is 0.358. The molecule has 0 bridgehead atoms. The van der Waals surface area contributed by atoms with Crippen molar-refractivity contribution in [3.8, 4) is 0 Å². The van der Waals surface area contributed by atoms with E-state index in [1.54, 1.807) is 0 Å². The highest BCUT2D eigenvalue weighted by molar-refractivity contribution is 4.89. The van der Waals surface area contributed by atoms with Crippen molar-refractivity contribution in [3.05, 3.63) is 6.29 Å². The molecule has 1 aliphatic heterocycles. The number of hydrogen-bond acceptors (Lipinski definition) is 3. The molecule has 1 radical (unpaired) electrons. The molecule has 0 spiro atoms. The molecular formula is C8H18N3. The Bertz CT molecular complexity index is 99.5. The lowest BCUT2D eigenvalue weighted by Crippen LogP contribution is -2.40. The zero-order chi connectivity index (χ0) is 8.10. The van der Waals surface area contributed by atoms with E-state index in [0.29, 0.717) is 0 Å². The first-order valence-corrected chi connectivity index (χ1v) is 4.48. The zero-order valence-electron chi connectivity index (χ0n) is 7.48. The van der Waals surface area contributed by atoms with Crippen molar-refractivity contribution in [1.29, 1.82) is 0 Å². The van der Waals surface area contributed by atoms with Crippen molar-refractivity contribution in [3.63, 3.8) is 0 Å². The van der Waals surface area contributed by atoms with Gasteiger partial charge in [-0.2, -0.15) is 0 Å². The molecule has 3 heteroatoms. The third-order valence-corrected chi connectivity index (χ3v) is 1.90. The molecule has 1 saturated heterocycles. The minimum absolute atomic E-state index is 1.07. The van der Waals surface area contributed by atoms with E-state index in [-0.39, 0.29) is 0 Å². The van der Waals surface area contributed by atoms with Gasteiger partial charge in [-0.1, -0.05) is 13.8 Å². The quantitative estimate of drug-likeness (QED) is 0.615. The molecule has 0 aliphatic carbocycles. The van der Waals surface area contributed by atoms with Gasteiger partial charge in [0.05, 0.1) is 0 Å². The van der Waals surface area contributed by atoms with Crippen molar-refractivity contribution < 1.29 is 0 Å². The molecule has 0 amide bonds. The van der Waals surface area contributed by atoms with E-state index in [1.807, 2.05) is 0 Å². The van der Waals surface area contributed by atoms with Crippen LogP contribution in [0.5, 0.6) is 0 Å². The maximum absolute atomic E-state index is 3.32. The lowest BCUT2D eigenvalue weighted by Gasteiger charge is -2.25. The lowest BCUT2D eigenvalue weighted by molar-refractivity contribution is 0.263. The Labute approximate surface area is 69.1 Å². The molecule has 0 aromatic heterocycles. The van der Waals surface area contributed by atoms with E-state index >= 15 is 0 Å². The average molecular weight is 156 g/mol. The van der Waals surface area contributed by atoms with Crippen LogP contribution in [0.15, 0.2) is 0 Å².